The van der Waals surface area contributed by atoms with Crippen molar-refractivity contribution in [1.82, 2.24) is 4.90 Å². The van der Waals surface area contributed by atoms with Crippen molar-refractivity contribution in [3.8, 4) is 0 Å². The molecule has 0 bridgehead atoms. The Morgan fingerprint density at radius 3 is 3.23 bits per heavy atom. The fourth-order valence-electron chi connectivity index (χ4n) is 1.17. The maximum Gasteiger partial charge on any atom is 0.166 e. The van der Waals surface area contributed by atoms with E-state index in [1.807, 2.05) is 23.4 Å². The van der Waals surface area contributed by atoms with Crippen LogP contribution in [0.15, 0.2) is 33.1 Å². The molecule has 0 atom stereocenters. The Bertz CT molecular complexity index is 343. The monoisotopic (exact) mass is 257 g/mol. The van der Waals surface area contributed by atoms with Crippen molar-refractivity contribution in [3.63, 3.8) is 0 Å². The van der Waals surface area contributed by atoms with Gasteiger partial charge < -0.3 is 0 Å². The summed E-state index contributed by atoms with van der Waals surface area (Å²) in [5, 5.41) is 0.965. The van der Waals surface area contributed by atoms with Gasteiger partial charge in [-0.3, -0.25) is 9.89 Å². The second-order valence-electron chi connectivity index (χ2n) is 2.50. The first-order valence-electron chi connectivity index (χ1n) is 3.81. The van der Waals surface area contributed by atoms with E-state index in [1.54, 1.807) is 18.0 Å². The molecule has 0 saturated carbocycles. The zero-order valence-corrected chi connectivity index (χ0v) is 9.47. The van der Waals surface area contributed by atoms with Crippen molar-refractivity contribution < 1.29 is 0 Å². The molecule has 3 nitrogen and oxygen atoms in total. The quantitative estimate of drug-likeness (QED) is 0.623. The standard InChI is InChI=1S/C8H8BrN3S/c1-13-8-7-10-3-2-6(9)12(7)5-4-11-8/h2,4-5H,3H2,1H3. The molecule has 0 aromatic heterocycles. The van der Waals surface area contributed by atoms with E-state index >= 15 is 0 Å². The summed E-state index contributed by atoms with van der Waals surface area (Å²) in [6.07, 6.45) is 7.71. The Labute approximate surface area is 89.4 Å². The first-order valence-corrected chi connectivity index (χ1v) is 5.83. The van der Waals surface area contributed by atoms with Crippen LogP contribution < -0.4 is 0 Å². The summed E-state index contributed by atoms with van der Waals surface area (Å²) < 4.78 is 1.04. The number of hydrogen-bond acceptors (Lipinski definition) is 4. The Balaban J connectivity index is 2.36. The summed E-state index contributed by atoms with van der Waals surface area (Å²) in [7, 11) is 0. The number of hydrogen-bond donors (Lipinski definition) is 0. The highest BCUT2D eigenvalue weighted by molar-refractivity contribution is 9.11. The van der Waals surface area contributed by atoms with E-state index in [9.17, 15) is 0 Å². The molecule has 2 aliphatic heterocycles. The molecule has 2 heterocycles. The number of thioether (sulfide) groups is 1. The van der Waals surface area contributed by atoms with Crippen LogP contribution >= 0.6 is 27.7 Å². The largest absolute Gasteiger partial charge is 0.292 e. The highest BCUT2D eigenvalue weighted by atomic mass is 79.9. The van der Waals surface area contributed by atoms with Gasteiger partial charge in [-0.1, -0.05) is 0 Å². The van der Waals surface area contributed by atoms with Crippen LogP contribution in [0.3, 0.4) is 0 Å². The molecule has 5 heteroatoms. The lowest BCUT2D eigenvalue weighted by Gasteiger charge is -2.26. The molecule has 0 spiro atoms. The molecule has 0 radical (unpaired) electrons. The summed E-state index contributed by atoms with van der Waals surface area (Å²) in [4.78, 5) is 10.6. The van der Waals surface area contributed by atoms with Gasteiger partial charge in [0.2, 0.25) is 0 Å². The Morgan fingerprint density at radius 1 is 1.62 bits per heavy atom. The average molecular weight is 258 g/mol. The van der Waals surface area contributed by atoms with Crippen LogP contribution in [0.4, 0.5) is 0 Å². The van der Waals surface area contributed by atoms with Crippen molar-refractivity contribution in [1.29, 1.82) is 0 Å². The fourth-order valence-corrected chi connectivity index (χ4v) is 2.11. The van der Waals surface area contributed by atoms with Crippen LogP contribution in [0.25, 0.3) is 0 Å². The molecule has 0 unspecified atom stereocenters. The highest BCUT2D eigenvalue weighted by Gasteiger charge is 2.21. The fraction of sp³-hybridized carbons (Fsp3) is 0.250. The number of amidine groups is 1. The van der Waals surface area contributed by atoms with Crippen molar-refractivity contribution in [2.45, 2.75) is 0 Å². The van der Waals surface area contributed by atoms with Crippen LogP contribution in [0, 0.1) is 0 Å². The number of rotatable bonds is 0. The molecule has 0 N–H and O–H groups in total. The van der Waals surface area contributed by atoms with E-state index < -0.39 is 0 Å². The lowest BCUT2D eigenvalue weighted by molar-refractivity contribution is 0.725. The molecule has 0 aromatic carbocycles. The molecule has 0 saturated heterocycles. The van der Waals surface area contributed by atoms with Crippen molar-refractivity contribution in [2.24, 2.45) is 9.98 Å². The van der Waals surface area contributed by atoms with Gasteiger partial charge in [-0.05, 0) is 28.3 Å². The predicted molar refractivity (Wildman–Crippen MR) is 61.2 cm³/mol. The van der Waals surface area contributed by atoms with E-state index in [1.165, 1.54) is 0 Å². The van der Waals surface area contributed by atoms with Crippen LogP contribution in [-0.2, 0) is 0 Å². The molecule has 2 aliphatic rings. The van der Waals surface area contributed by atoms with E-state index in [0.717, 1.165) is 22.0 Å². The topological polar surface area (TPSA) is 28.0 Å². The zero-order valence-electron chi connectivity index (χ0n) is 7.07. The molecule has 13 heavy (non-hydrogen) atoms. The lowest BCUT2D eigenvalue weighted by atomic mass is 10.4. The second kappa shape index (κ2) is 3.67. The first kappa shape index (κ1) is 9.02. The van der Waals surface area contributed by atoms with Crippen LogP contribution in [0.5, 0.6) is 0 Å². The predicted octanol–water partition coefficient (Wildman–Crippen LogP) is 2.18. The molecule has 0 aliphatic carbocycles. The van der Waals surface area contributed by atoms with Crippen LogP contribution in [0.2, 0.25) is 0 Å². The smallest absolute Gasteiger partial charge is 0.166 e. The van der Waals surface area contributed by atoms with Gasteiger partial charge in [0.1, 0.15) is 5.04 Å². The summed E-state index contributed by atoms with van der Waals surface area (Å²) in [5.74, 6) is 0.935. The molecule has 0 aromatic rings. The number of nitrogens with zero attached hydrogens (tertiary/aromatic N) is 3. The number of aliphatic imine (C=N–C) groups is 2. The molecule has 68 valence electrons. The van der Waals surface area contributed by atoms with Gasteiger partial charge in [0.25, 0.3) is 0 Å². The third kappa shape index (κ3) is 1.58. The summed E-state index contributed by atoms with van der Waals surface area (Å²) >= 11 is 5.09. The van der Waals surface area contributed by atoms with Crippen LogP contribution in [-0.4, -0.2) is 28.6 Å². The minimum absolute atomic E-state index is 0.722. The molecule has 2 rings (SSSR count). The number of fused-ring (bicyclic) bond motifs is 1. The Hall–Kier alpha value is -0.550. The van der Waals surface area contributed by atoms with Crippen molar-refractivity contribution in [2.75, 3.05) is 12.8 Å². The molecular formula is C8H8BrN3S. The maximum absolute atomic E-state index is 4.39. The molecular weight excluding hydrogens is 250 g/mol. The number of halogens is 1. The zero-order chi connectivity index (χ0) is 9.26. The van der Waals surface area contributed by atoms with Gasteiger partial charge in [0.05, 0.1) is 11.2 Å². The first-order chi connectivity index (χ1) is 6.33. The summed E-state index contributed by atoms with van der Waals surface area (Å²) in [5.41, 5.74) is 0. The summed E-state index contributed by atoms with van der Waals surface area (Å²) in [6, 6.07) is 0. The third-order valence-electron chi connectivity index (χ3n) is 1.75. The highest BCUT2D eigenvalue weighted by Crippen LogP contribution is 2.22. The Morgan fingerprint density at radius 2 is 2.46 bits per heavy atom. The maximum atomic E-state index is 4.39. The van der Waals surface area contributed by atoms with E-state index in [-0.39, 0.29) is 0 Å². The van der Waals surface area contributed by atoms with Crippen molar-refractivity contribution in [3.05, 3.63) is 23.1 Å². The normalized spacial score (nSPS) is 20.5. The van der Waals surface area contributed by atoms with Gasteiger partial charge in [-0.2, -0.15) is 0 Å². The van der Waals surface area contributed by atoms with Gasteiger partial charge in [0, 0.05) is 12.4 Å². The van der Waals surface area contributed by atoms with Gasteiger partial charge in [-0.15, -0.1) is 11.8 Å². The van der Waals surface area contributed by atoms with Crippen LogP contribution in [0.1, 0.15) is 0 Å². The minimum atomic E-state index is 0.722. The minimum Gasteiger partial charge on any atom is -0.292 e. The average Bonchev–Trinajstić information content (AvgIpc) is 2.18. The second-order valence-corrected chi connectivity index (χ2v) is 4.11. The Kier molecular flexibility index (Phi) is 2.55. The van der Waals surface area contributed by atoms with Gasteiger partial charge >= 0.3 is 0 Å². The SMILES string of the molecule is CSC1=NC=CN2C(Br)=CCN=C12. The third-order valence-corrected chi connectivity index (χ3v) is 3.13. The summed E-state index contributed by atoms with van der Waals surface area (Å²) in [6.45, 7) is 0.722. The molecule has 0 amide bonds. The van der Waals surface area contributed by atoms with E-state index in [2.05, 4.69) is 25.9 Å². The van der Waals surface area contributed by atoms with E-state index in [4.69, 9.17) is 0 Å². The van der Waals surface area contributed by atoms with Gasteiger partial charge in [0.15, 0.2) is 5.84 Å². The molecule has 0 fully saturated rings. The van der Waals surface area contributed by atoms with E-state index in [0.29, 0.717) is 0 Å². The lowest BCUT2D eigenvalue weighted by Crippen LogP contribution is -2.33. The van der Waals surface area contributed by atoms with Crippen molar-refractivity contribution >= 4 is 38.6 Å². The van der Waals surface area contributed by atoms with Gasteiger partial charge in [-0.25, -0.2) is 4.99 Å².